The predicted octanol–water partition coefficient (Wildman–Crippen LogP) is 2.40. The van der Waals surface area contributed by atoms with Gasteiger partial charge in [-0.25, -0.2) is 0 Å². The number of nitrogens with one attached hydrogen (secondary N) is 1. The second-order valence-corrected chi connectivity index (χ2v) is 7.65. The van der Waals surface area contributed by atoms with Crippen molar-refractivity contribution in [2.75, 3.05) is 33.9 Å². The van der Waals surface area contributed by atoms with Crippen molar-refractivity contribution in [2.24, 2.45) is 0 Å². The van der Waals surface area contributed by atoms with Gasteiger partial charge in [0.2, 0.25) is 0 Å². The Bertz CT molecular complexity index is 899. The van der Waals surface area contributed by atoms with E-state index in [0.717, 1.165) is 17.7 Å². The first-order valence-corrected chi connectivity index (χ1v) is 10.4. The van der Waals surface area contributed by atoms with Crippen LogP contribution in [0, 0.1) is 0 Å². The van der Waals surface area contributed by atoms with Crippen LogP contribution in [0.3, 0.4) is 0 Å². The lowest BCUT2D eigenvalue weighted by atomic mass is 10.2. The number of amides is 2. The first-order valence-electron chi connectivity index (χ1n) is 9.52. The van der Waals surface area contributed by atoms with Gasteiger partial charge in [-0.15, -0.1) is 11.3 Å². The number of carbonyl (C=O) groups excluding carboxylic acids is 3. The van der Waals surface area contributed by atoms with Gasteiger partial charge >= 0.3 is 5.97 Å². The summed E-state index contributed by atoms with van der Waals surface area (Å²) in [6.07, 6.45) is 1.82. The lowest BCUT2D eigenvalue weighted by molar-refractivity contribution is -0.151. The topological polar surface area (TPSA) is 94.2 Å². The summed E-state index contributed by atoms with van der Waals surface area (Å²) in [6.45, 7) is -0.0310. The van der Waals surface area contributed by atoms with E-state index in [1.54, 1.807) is 28.4 Å². The Balaban J connectivity index is 1.47. The molecular weight excluding hydrogens is 408 g/mol. The number of nitrogens with zero attached hydrogens (tertiary/aromatic N) is 1. The zero-order chi connectivity index (χ0) is 21.5. The van der Waals surface area contributed by atoms with Crippen LogP contribution >= 0.6 is 11.3 Å². The Hall–Kier alpha value is -3.07. The summed E-state index contributed by atoms with van der Waals surface area (Å²) in [5.41, 5.74) is 0.312. The Morgan fingerprint density at radius 1 is 1.17 bits per heavy atom. The molecule has 8 nitrogen and oxygen atoms in total. The molecule has 0 aliphatic carbocycles. The fourth-order valence-electron chi connectivity index (χ4n) is 3.35. The van der Waals surface area contributed by atoms with Crippen molar-refractivity contribution in [2.45, 2.75) is 18.9 Å². The molecule has 0 radical (unpaired) electrons. The standard InChI is InChI=1S/C21H24N2O6S/c1-27-16-8-7-14(11-17(16)28-2)21(26)22-12-20(25)29-13-19(24)23-9-3-5-15(23)18-6-4-10-30-18/h4,6-8,10-11,15H,3,5,9,12-13H2,1-2H3,(H,22,26). The molecule has 1 fully saturated rings. The van der Waals surface area contributed by atoms with E-state index in [1.807, 2.05) is 17.5 Å². The Morgan fingerprint density at radius 3 is 2.67 bits per heavy atom. The minimum absolute atomic E-state index is 0.0426. The summed E-state index contributed by atoms with van der Waals surface area (Å²) in [6, 6.07) is 8.69. The van der Waals surface area contributed by atoms with Crippen LogP contribution in [-0.2, 0) is 14.3 Å². The maximum atomic E-state index is 12.5. The van der Waals surface area contributed by atoms with Crippen molar-refractivity contribution >= 4 is 29.1 Å². The number of rotatable bonds is 8. The highest BCUT2D eigenvalue weighted by molar-refractivity contribution is 7.10. The predicted molar refractivity (Wildman–Crippen MR) is 111 cm³/mol. The van der Waals surface area contributed by atoms with Crippen molar-refractivity contribution in [3.05, 3.63) is 46.2 Å². The van der Waals surface area contributed by atoms with E-state index < -0.39 is 11.9 Å². The lowest BCUT2D eigenvalue weighted by Gasteiger charge is -2.23. The second-order valence-electron chi connectivity index (χ2n) is 6.67. The molecule has 0 saturated carbocycles. The van der Waals surface area contributed by atoms with E-state index in [1.165, 1.54) is 20.3 Å². The number of likely N-dealkylation sites (tertiary alicyclic amines) is 1. The molecule has 2 amide bonds. The number of carbonyl (C=O) groups is 3. The van der Waals surface area contributed by atoms with Gasteiger partial charge in [-0.2, -0.15) is 0 Å². The van der Waals surface area contributed by atoms with Crippen molar-refractivity contribution in [3.63, 3.8) is 0 Å². The summed E-state index contributed by atoms with van der Waals surface area (Å²) in [5, 5.41) is 4.46. The maximum Gasteiger partial charge on any atom is 0.325 e. The Labute approximate surface area is 178 Å². The molecule has 1 atom stereocenters. The minimum atomic E-state index is -0.677. The number of methoxy groups -OCH3 is 2. The van der Waals surface area contributed by atoms with Crippen LogP contribution in [0.1, 0.15) is 34.1 Å². The largest absolute Gasteiger partial charge is 0.493 e. The van der Waals surface area contributed by atoms with Gasteiger partial charge < -0.3 is 24.4 Å². The average molecular weight is 432 g/mol. The minimum Gasteiger partial charge on any atom is -0.493 e. The van der Waals surface area contributed by atoms with Gasteiger partial charge in [0.05, 0.1) is 20.3 Å². The quantitative estimate of drug-likeness (QED) is 0.644. The number of hydrogen-bond donors (Lipinski definition) is 1. The van der Waals surface area contributed by atoms with Gasteiger partial charge in [0.15, 0.2) is 18.1 Å². The van der Waals surface area contributed by atoms with Gasteiger partial charge in [0, 0.05) is 17.0 Å². The third-order valence-electron chi connectivity index (χ3n) is 4.84. The number of hydrogen-bond acceptors (Lipinski definition) is 7. The molecule has 1 aliphatic heterocycles. The zero-order valence-corrected chi connectivity index (χ0v) is 17.7. The van der Waals surface area contributed by atoms with Gasteiger partial charge in [-0.05, 0) is 42.5 Å². The third-order valence-corrected chi connectivity index (χ3v) is 5.81. The number of benzene rings is 1. The SMILES string of the molecule is COc1ccc(C(=O)NCC(=O)OCC(=O)N2CCCC2c2cccs2)cc1OC. The molecule has 1 unspecified atom stereocenters. The van der Waals surface area contributed by atoms with Gasteiger partial charge in [-0.3, -0.25) is 14.4 Å². The third kappa shape index (κ3) is 5.10. The van der Waals surface area contributed by atoms with Crippen LogP contribution < -0.4 is 14.8 Å². The molecule has 1 saturated heterocycles. The number of esters is 1. The van der Waals surface area contributed by atoms with Gasteiger partial charge in [-0.1, -0.05) is 6.07 Å². The van der Waals surface area contributed by atoms with E-state index in [9.17, 15) is 14.4 Å². The van der Waals surface area contributed by atoms with Crippen LogP contribution in [0.15, 0.2) is 35.7 Å². The molecule has 2 heterocycles. The molecule has 2 aromatic rings. The molecule has 1 aromatic carbocycles. The summed E-state index contributed by atoms with van der Waals surface area (Å²) in [7, 11) is 2.97. The maximum absolute atomic E-state index is 12.5. The smallest absolute Gasteiger partial charge is 0.325 e. The Morgan fingerprint density at radius 2 is 1.97 bits per heavy atom. The highest BCUT2D eigenvalue weighted by atomic mass is 32.1. The van der Waals surface area contributed by atoms with E-state index in [-0.39, 0.29) is 25.1 Å². The second kappa shape index (κ2) is 10.1. The van der Waals surface area contributed by atoms with E-state index in [4.69, 9.17) is 14.2 Å². The van der Waals surface area contributed by atoms with E-state index in [2.05, 4.69) is 5.32 Å². The summed E-state index contributed by atoms with van der Waals surface area (Å²) in [4.78, 5) is 39.6. The first kappa shape index (κ1) is 21.6. The molecule has 1 aromatic heterocycles. The van der Waals surface area contributed by atoms with Crippen LogP contribution in [-0.4, -0.2) is 56.6 Å². The van der Waals surface area contributed by atoms with Crippen molar-refractivity contribution in [1.29, 1.82) is 0 Å². The highest BCUT2D eigenvalue weighted by Gasteiger charge is 2.31. The number of ether oxygens (including phenoxy) is 3. The average Bonchev–Trinajstić information content (AvgIpc) is 3.46. The van der Waals surface area contributed by atoms with E-state index in [0.29, 0.717) is 23.6 Å². The fraction of sp³-hybridized carbons (Fsp3) is 0.381. The molecule has 1 aliphatic rings. The first-order chi connectivity index (χ1) is 14.5. The molecule has 9 heteroatoms. The van der Waals surface area contributed by atoms with Crippen LogP contribution in [0.2, 0.25) is 0 Å². The van der Waals surface area contributed by atoms with Crippen molar-refractivity contribution < 1.29 is 28.6 Å². The van der Waals surface area contributed by atoms with Gasteiger partial charge in [0.25, 0.3) is 11.8 Å². The molecule has 3 rings (SSSR count). The highest BCUT2D eigenvalue weighted by Crippen LogP contribution is 2.34. The van der Waals surface area contributed by atoms with E-state index >= 15 is 0 Å². The monoisotopic (exact) mass is 432 g/mol. The molecular formula is C21H24N2O6S. The molecule has 0 bridgehead atoms. The molecule has 0 spiro atoms. The van der Waals surface area contributed by atoms with Crippen LogP contribution in [0.4, 0.5) is 0 Å². The normalized spacial score (nSPS) is 15.5. The Kier molecular flexibility index (Phi) is 7.29. The molecule has 1 N–H and O–H groups in total. The molecule has 160 valence electrons. The van der Waals surface area contributed by atoms with Crippen molar-refractivity contribution in [1.82, 2.24) is 10.2 Å². The summed E-state index contributed by atoms with van der Waals surface area (Å²) >= 11 is 1.61. The van der Waals surface area contributed by atoms with Crippen LogP contribution in [0.5, 0.6) is 11.5 Å². The molecule has 30 heavy (non-hydrogen) atoms. The fourth-order valence-corrected chi connectivity index (χ4v) is 4.22. The van der Waals surface area contributed by atoms with Crippen molar-refractivity contribution in [3.8, 4) is 11.5 Å². The zero-order valence-electron chi connectivity index (χ0n) is 16.9. The summed E-state index contributed by atoms with van der Waals surface area (Å²) in [5.74, 6) is -0.468. The van der Waals surface area contributed by atoms with Gasteiger partial charge in [0.1, 0.15) is 6.54 Å². The summed E-state index contributed by atoms with van der Waals surface area (Å²) < 4.78 is 15.4. The number of thiophene rings is 1. The lowest BCUT2D eigenvalue weighted by Crippen LogP contribution is -2.36. The van der Waals surface area contributed by atoms with Crippen LogP contribution in [0.25, 0.3) is 0 Å².